The number of amides is 2. The zero-order valence-electron chi connectivity index (χ0n) is 18.3. The number of nitriles is 1. The molecule has 0 spiro atoms. The first-order valence-corrected chi connectivity index (χ1v) is 10.4. The van der Waals surface area contributed by atoms with E-state index in [0.29, 0.717) is 52.7 Å². The minimum Gasteiger partial charge on any atom is -0.453 e. The first kappa shape index (κ1) is 21.1. The maximum atomic E-state index is 13.0. The molecule has 11 nitrogen and oxygen atoms in total. The van der Waals surface area contributed by atoms with Crippen molar-refractivity contribution in [2.45, 2.75) is 12.8 Å². The first-order chi connectivity index (χ1) is 16.5. The number of aromatic nitrogens is 4. The molecule has 2 amide bonds. The second-order valence-electron chi connectivity index (χ2n) is 7.93. The summed E-state index contributed by atoms with van der Waals surface area (Å²) in [5.41, 5.74) is 3.56. The zero-order chi connectivity index (χ0) is 23.8. The Bertz CT molecular complexity index is 1460. The van der Waals surface area contributed by atoms with Crippen LogP contribution in [0.2, 0.25) is 0 Å². The van der Waals surface area contributed by atoms with Crippen LogP contribution in [-0.2, 0) is 4.74 Å². The van der Waals surface area contributed by atoms with Crippen LogP contribution in [0.25, 0.3) is 16.9 Å². The molecule has 0 radical (unpaired) electrons. The van der Waals surface area contributed by atoms with E-state index < -0.39 is 0 Å². The van der Waals surface area contributed by atoms with Crippen LogP contribution in [0.15, 0.2) is 47.2 Å². The first-order valence-electron chi connectivity index (χ1n) is 10.4. The predicted molar refractivity (Wildman–Crippen MR) is 119 cm³/mol. The highest BCUT2D eigenvalue weighted by atomic mass is 16.5. The molecule has 4 heterocycles. The molecule has 1 aliphatic heterocycles. The van der Waals surface area contributed by atoms with Crippen molar-refractivity contribution in [3.63, 3.8) is 0 Å². The van der Waals surface area contributed by atoms with Gasteiger partial charge in [0.25, 0.3) is 5.91 Å². The van der Waals surface area contributed by atoms with Crippen LogP contribution in [0, 0.1) is 18.3 Å². The van der Waals surface area contributed by atoms with Gasteiger partial charge in [-0.3, -0.25) is 4.79 Å². The lowest BCUT2D eigenvalue weighted by atomic mass is 10.0. The van der Waals surface area contributed by atoms with Crippen molar-refractivity contribution in [1.29, 1.82) is 5.26 Å². The third-order valence-electron chi connectivity index (χ3n) is 5.74. The second kappa shape index (κ2) is 8.32. The molecule has 0 saturated carbocycles. The molecule has 0 bridgehead atoms. The fraction of sp³-hybridized carbons (Fsp3) is 0.217. The highest BCUT2D eigenvalue weighted by Gasteiger charge is 2.36. The number of nitrogens with zero attached hydrogens (tertiary/aromatic N) is 6. The van der Waals surface area contributed by atoms with Gasteiger partial charge in [0, 0.05) is 30.5 Å². The average molecular weight is 457 g/mol. The molecule has 34 heavy (non-hydrogen) atoms. The highest BCUT2D eigenvalue weighted by molar-refractivity contribution is 6.09. The molecule has 11 heteroatoms. The van der Waals surface area contributed by atoms with Gasteiger partial charge in [0.2, 0.25) is 11.7 Å². The number of pyridine rings is 1. The van der Waals surface area contributed by atoms with Crippen molar-refractivity contribution >= 4 is 23.2 Å². The Morgan fingerprint density at radius 1 is 1.26 bits per heavy atom. The topological polar surface area (TPSA) is 139 Å². The molecule has 0 atom stereocenters. The van der Waals surface area contributed by atoms with Crippen LogP contribution in [0.1, 0.15) is 33.3 Å². The number of carbonyl (C=O) groups is 2. The standard InChI is InChI=1S/C23H19N7O4/c1-13-3-5-15(20-27-22(34-28-20)16-11-29(12-16)23(32)33-2)7-18(13)26-21(31)17-9-25-30-10-14(8-24)4-6-19(17)30/h3-7,9-10,16H,11-12H2,1-2H3,(H,26,31). The van der Waals surface area contributed by atoms with Crippen LogP contribution in [-0.4, -0.2) is 56.9 Å². The Kier molecular flexibility index (Phi) is 5.18. The van der Waals surface area contributed by atoms with Crippen LogP contribution in [0.5, 0.6) is 0 Å². The number of rotatable bonds is 4. The lowest BCUT2D eigenvalue weighted by molar-refractivity contribution is 0.0804. The number of carbonyl (C=O) groups excluding carboxylic acids is 2. The summed E-state index contributed by atoms with van der Waals surface area (Å²) in [7, 11) is 1.34. The summed E-state index contributed by atoms with van der Waals surface area (Å²) in [6.45, 7) is 2.80. The average Bonchev–Trinajstić information content (AvgIpc) is 3.46. The van der Waals surface area contributed by atoms with E-state index in [1.807, 2.05) is 25.1 Å². The Balaban J connectivity index is 1.34. The lowest BCUT2D eigenvalue weighted by Crippen LogP contribution is -2.48. The molecule has 1 N–H and O–H groups in total. The smallest absolute Gasteiger partial charge is 0.409 e. The maximum Gasteiger partial charge on any atom is 0.409 e. The van der Waals surface area contributed by atoms with Crippen molar-refractivity contribution < 1.29 is 18.8 Å². The molecule has 4 aromatic rings. The van der Waals surface area contributed by atoms with Gasteiger partial charge in [-0.2, -0.15) is 15.3 Å². The van der Waals surface area contributed by atoms with E-state index in [9.17, 15) is 9.59 Å². The third-order valence-corrected chi connectivity index (χ3v) is 5.74. The van der Waals surface area contributed by atoms with Crippen LogP contribution in [0.4, 0.5) is 10.5 Å². The van der Waals surface area contributed by atoms with E-state index in [1.165, 1.54) is 17.8 Å². The van der Waals surface area contributed by atoms with Crippen LogP contribution in [0.3, 0.4) is 0 Å². The van der Waals surface area contributed by atoms with Gasteiger partial charge in [-0.05, 0) is 30.7 Å². The summed E-state index contributed by atoms with van der Waals surface area (Å²) >= 11 is 0. The van der Waals surface area contributed by atoms with E-state index in [0.717, 1.165) is 5.56 Å². The predicted octanol–water partition coefficient (Wildman–Crippen LogP) is 2.98. The Hall–Kier alpha value is -4.72. The van der Waals surface area contributed by atoms with Gasteiger partial charge in [-0.15, -0.1) is 0 Å². The van der Waals surface area contributed by atoms with Crippen LogP contribution >= 0.6 is 0 Å². The normalized spacial score (nSPS) is 13.4. The summed E-state index contributed by atoms with van der Waals surface area (Å²) in [6.07, 6.45) is 2.65. The quantitative estimate of drug-likeness (QED) is 0.493. The molecule has 5 rings (SSSR count). The van der Waals surface area contributed by atoms with Crippen LogP contribution < -0.4 is 5.32 Å². The number of fused-ring (bicyclic) bond motifs is 1. The molecular formula is C23H19N7O4. The molecule has 170 valence electrons. The van der Waals surface area contributed by atoms with E-state index in [1.54, 1.807) is 29.3 Å². The molecule has 1 saturated heterocycles. The largest absolute Gasteiger partial charge is 0.453 e. The summed E-state index contributed by atoms with van der Waals surface area (Å²) in [5, 5.41) is 20.2. The number of anilines is 1. The van der Waals surface area contributed by atoms with E-state index in [-0.39, 0.29) is 17.9 Å². The van der Waals surface area contributed by atoms with Gasteiger partial charge in [-0.25, -0.2) is 9.31 Å². The molecule has 1 aliphatic rings. The molecule has 3 aromatic heterocycles. The molecular weight excluding hydrogens is 438 g/mol. The monoisotopic (exact) mass is 457 g/mol. The minimum absolute atomic E-state index is 0.0397. The summed E-state index contributed by atoms with van der Waals surface area (Å²) < 4.78 is 11.6. The van der Waals surface area contributed by atoms with Crippen molar-refractivity contribution in [3.05, 3.63) is 65.3 Å². The number of hydrogen-bond donors (Lipinski definition) is 1. The van der Waals surface area contributed by atoms with Gasteiger partial charge in [0.1, 0.15) is 6.07 Å². The number of methoxy groups -OCH3 is 1. The SMILES string of the molecule is COC(=O)N1CC(c2nc(-c3ccc(C)c(NC(=O)c4cnn5cc(C#N)ccc45)c3)no2)C1. The number of hydrogen-bond acceptors (Lipinski definition) is 8. The number of likely N-dealkylation sites (tertiary alicyclic amines) is 1. The fourth-order valence-electron chi connectivity index (χ4n) is 3.74. The summed E-state index contributed by atoms with van der Waals surface area (Å²) in [4.78, 5) is 30.5. The van der Waals surface area contributed by atoms with E-state index in [4.69, 9.17) is 14.5 Å². The Labute approximate surface area is 193 Å². The molecule has 1 fully saturated rings. The van der Waals surface area contributed by atoms with Gasteiger partial charge in [-0.1, -0.05) is 17.3 Å². The number of aryl methyl sites for hydroxylation is 1. The van der Waals surface area contributed by atoms with Gasteiger partial charge < -0.3 is 19.5 Å². The Morgan fingerprint density at radius 2 is 2.09 bits per heavy atom. The molecule has 0 aliphatic carbocycles. The lowest BCUT2D eigenvalue weighted by Gasteiger charge is -2.35. The Morgan fingerprint density at radius 3 is 2.85 bits per heavy atom. The molecule has 1 aromatic carbocycles. The summed E-state index contributed by atoms with van der Waals surface area (Å²) in [5.74, 6) is 0.472. The summed E-state index contributed by atoms with van der Waals surface area (Å²) in [6, 6.07) is 10.9. The van der Waals surface area contributed by atoms with Crippen molar-refractivity contribution in [2.24, 2.45) is 0 Å². The highest BCUT2D eigenvalue weighted by Crippen LogP contribution is 2.29. The number of nitrogens with one attached hydrogen (secondary N) is 1. The van der Waals surface area contributed by atoms with Gasteiger partial charge >= 0.3 is 6.09 Å². The third kappa shape index (κ3) is 3.71. The van der Waals surface area contributed by atoms with Crippen molar-refractivity contribution in [3.8, 4) is 17.5 Å². The van der Waals surface area contributed by atoms with E-state index >= 15 is 0 Å². The zero-order valence-corrected chi connectivity index (χ0v) is 18.3. The van der Waals surface area contributed by atoms with E-state index in [2.05, 4.69) is 20.6 Å². The van der Waals surface area contributed by atoms with Crippen molar-refractivity contribution in [2.75, 3.05) is 25.5 Å². The number of benzene rings is 1. The van der Waals surface area contributed by atoms with Gasteiger partial charge in [0.15, 0.2) is 0 Å². The fourth-order valence-corrected chi connectivity index (χ4v) is 3.74. The molecule has 0 unspecified atom stereocenters. The number of ether oxygens (including phenoxy) is 1. The second-order valence-corrected chi connectivity index (χ2v) is 7.93. The maximum absolute atomic E-state index is 13.0. The van der Waals surface area contributed by atoms with Crippen molar-refractivity contribution in [1.82, 2.24) is 24.7 Å². The van der Waals surface area contributed by atoms with Gasteiger partial charge in [0.05, 0.1) is 35.9 Å². The minimum atomic E-state index is -0.383.